The number of halogens is 7. The zero-order valence-corrected chi connectivity index (χ0v) is 20.1. The Morgan fingerprint density at radius 3 is 2.08 bits per heavy atom. The Balaban J connectivity index is 1.46. The Morgan fingerprint density at radius 1 is 0.917 bits per heavy atom. The van der Waals surface area contributed by atoms with Crippen LogP contribution in [0, 0.1) is 0 Å². The van der Waals surface area contributed by atoms with Crippen LogP contribution in [0.1, 0.15) is 34.3 Å². The van der Waals surface area contributed by atoms with E-state index in [0.29, 0.717) is 47.9 Å². The number of alkyl halides is 6. The molecule has 0 saturated carbocycles. The van der Waals surface area contributed by atoms with E-state index in [2.05, 4.69) is 5.32 Å². The number of hydrogen-bond acceptors (Lipinski definition) is 3. The lowest BCUT2D eigenvalue weighted by Gasteiger charge is -2.44. The Kier molecular flexibility index (Phi) is 7.13. The van der Waals surface area contributed by atoms with Gasteiger partial charge in [-0.3, -0.25) is 4.79 Å². The number of amides is 3. The summed E-state index contributed by atoms with van der Waals surface area (Å²) in [6.45, 7) is 0.846. The highest BCUT2D eigenvalue weighted by molar-refractivity contribution is 8.00. The van der Waals surface area contributed by atoms with Gasteiger partial charge in [-0.1, -0.05) is 17.7 Å². The van der Waals surface area contributed by atoms with E-state index in [-0.39, 0.29) is 25.1 Å². The molecule has 1 N–H and O–H groups in total. The summed E-state index contributed by atoms with van der Waals surface area (Å²) in [7, 11) is 0. The van der Waals surface area contributed by atoms with Crippen molar-refractivity contribution in [1.29, 1.82) is 0 Å². The number of thioether (sulfide) groups is 1. The van der Waals surface area contributed by atoms with Crippen LogP contribution in [0.3, 0.4) is 0 Å². The van der Waals surface area contributed by atoms with Crippen LogP contribution in [-0.4, -0.2) is 52.0 Å². The van der Waals surface area contributed by atoms with E-state index in [4.69, 9.17) is 11.6 Å². The number of piperidine rings is 1. The smallest absolute Gasteiger partial charge is 0.324 e. The third-order valence-electron chi connectivity index (χ3n) is 6.17. The molecule has 194 valence electrons. The summed E-state index contributed by atoms with van der Waals surface area (Å²) in [5, 5.41) is 2.59. The topological polar surface area (TPSA) is 52.7 Å². The number of urea groups is 1. The van der Waals surface area contributed by atoms with Crippen molar-refractivity contribution < 1.29 is 35.9 Å². The minimum Gasteiger partial charge on any atom is -0.324 e. The highest BCUT2D eigenvalue weighted by atomic mass is 35.5. The summed E-state index contributed by atoms with van der Waals surface area (Å²) in [5.41, 5.74) is -3.18. The fourth-order valence-electron chi connectivity index (χ4n) is 4.38. The number of nitrogens with one attached hydrogen (secondary N) is 1. The number of rotatable bonds is 2. The standard InChI is InChI=1S/C23H20ClF6N3O2S/c24-17-3-1-2-14(10-17)19(34)33-8-9-36-21(33)4-6-32(7-5-21)20(35)31-18-12-15(22(25,26)27)11-16(13-18)23(28,29)30/h1-3,10-13H,4-9H2,(H,31,35). The first-order valence-corrected chi connectivity index (χ1v) is 12.2. The van der Waals surface area contributed by atoms with Crippen molar-refractivity contribution in [2.75, 3.05) is 30.7 Å². The van der Waals surface area contributed by atoms with E-state index in [1.54, 1.807) is 40.9 Å². The lowest BCUT2D eigenvalue weighted by molar-refractivity contribution is -0.143. The maximum atomic E-state index is 13.1. The Morgan fingerprint density at radius 2 is 1.53 bits per heavy atom. The molecule has 0 radical (unpaired) electrons. The van der Waals surface area contributed by atoms with Crippen LogP contribution >= 0.6 is 23.4 Å². The fraction of sp³-hybridized carbons (Fsp3) is 0.391. The molecule has 5 nitrogen and oxygen atoms in total. The molecule has 0 unspecified atom stereocenters. The van der Waals surface area contributed by atoms with Gasteiger partial charge in [-0.2, -0.15) is 26.3 Å². The summed E-state index contributed by atoms with van der Waals surface area (Å²) < 4.78 is 78.7. The van der Waals surface area contributed by atoms with Gasteiger partial charge in [0.15, 0.2) is 0 Å². The molecule has 0 atom stereocenters. The molecular weight excluding hydrogens is 532 g/mol. The molecule has 0 aromatic heterocycles. The molecule has 0 aliphatic carbocycles. The quantitative estimate of drug-likeness (QED) is 0.428. The van der Waals surface area contributed by atoms with E-state index in [0.717, 1.165) is 0 Å². The summed E-state index contributed by atoms with van der Waals surface area (Å²) in [5.74, 6) is 0.507. The highest BCUT2D eigenvalue weighted by Gasteiger charge is 2.47. The molecule has 0 bridgehead atoms. The lowest BCUT2D eigenvalue weighted by Crippen LogP contribution is -2.54. The molecule has 2 saturated heterocycles. The molecule has 2 aliphatic rings. The lowest BCUT2D eigenvalue weighted by atomic mass is 10.0. The van der Waals surface area contributed by atoms with E-state index >= 15 is 0 Å². The van der Waals surface area contributed by atoms with Crippen molar-refractivity contribution in [2.45, 2.75) is 30.1 Å². The number of nitrogens with zero attached hydrogens (tertiary/aromatic N) is 2. The monoisotopic (exact) mass is 551 g/mol. The first kappa shape index (κ1) is 26.5. The second-order valence-electron chi connectivity index (χ2n) is 8.47. The molecule has 36 heavy (non-hydrogen) atoms. The number of carbonyl (C=O) groups is 2. The molecule has 2 aromatic rings. The Labute approximate surface area is 211 Å². The van der Waals surface area contributed by atoms with Crippen molar-refractivity contribution in [3.05, 3.63) is 64.2 Å². The predicted molar refractivity (Wildman–Crippen MR) is 124 cm³/mol. The van der Waals surface area contributed by atoms with Gasteiger partial charge in [0.25, 0.3) is 5.91 Å². The number of likely N-dealkylation sites (tertiary alicyclic amines) is 1. The summed E-state index contributed by atoms with van der Waals surface area (Å²) in [6.07, 6.45) is -9.24. The third-order valence-corrected chi connectivity index (χ3v) is 7.95. The van der Waals surface area contributed by atoms with Gasteiger partial charge in [0.1, 0.15) is 0 Å². The van der Waals surface area contributed by atoms with Crippen LogP contribution in [0.2, 0.25) is 5.02 Å². The van der Waals surface area contributed by atoms with Gasteiger partial charge >= 0.3 is 18.4 Å². The van der Waals surface area contributed by atoms with Crippen LogP contribution < -0.4 is 5.32 Å². The average molecular weight is 552 g/mol. The van der Waals surface area contributed by atoms with Gasteiger partial charge in [0.2, 0.25) is 0 Å². The molecule has 3 amide bonds. The summed E-state index contributed by atoms with van der Waals surface area (Å²) in [4.78, 5) is 28.4. The molecular formula is C23H20ClF6N3O2S. The van der Waals surface area contributed by atoms with E-state index in [1.165, 1.54) is 4.90 Å². The maximum Gasteiger partial charge on any atom is 0.416 e. The molecule has 2 aliphatic heterocycles. The molecule has 2 fully saturated rings. The SMILES string of the molecule is O=C(Nc1cc(C(F)(F)F)cc(C(F)(F)F)c1)N1CCC2(CC1)SCCN2C(=O)c1cccc(Cl)c1. The molecule has 2 aromatic carbocycles. The minimum absolute atomic E-state index is 0.00311. The van der Waals surface area contributed by atoms with Crippen molar-refractivity contribution in [3.8, 4) is 0 Å². The van der Waals surface area contributed by atoms with Gasteiger partial charge in [-0.15, -0.1) is 11.8 Å². The predicted octanol–water partition coefficient (Wildman–Crippen LogP) is 6.59. The maximum absolute atomic E-state index is 13.1. The molecule has 4 rings (SSSR count). The summed E-state index contributed by atoms with van der Waals surface area (Å²) >= 11 is 7.60. The van der Waals surface area contributed by atoms with E-state index in [1.807, 2.05) is 0 Å². The zero-order chi connectivity index (χ0) is 26.3. The zero-order valence-electron chi connectivity index (χ0n) is 18.5. The van der Waals surface area contributed by atoms with E-state index < -0.39 is 40.1 Å². The Bertz CT molecular complexity index is 1130. The number of benzene rings is 2. The Hall–Kier alpha value is -2.60. The molecule has 2 heterocycles. The van der Waals surface area contributed by atoms with Gasteiger partial charge in [-0.05, 0) is 49.2 Å². The van der Waals surface area contributed by atoms with Gasteiger partial charge in [0, 0.05) is 41.7 Å². The fourth-order valence-corrected chi connectivity index (χ4v) is 6.02. The van der Waals surface area contributed by atoms with Crippen molar-refractivity contribution in [2.24, 2.45) is 0 Å². The third kappa shape index (κ3) is 5.54. The number of anilines is 1. The molecule has 1 spiro atoms. The molecule has 13 heteroatoms. The van der Waals surface area contributed by atoms with Gasteiger partial charge in [0.05, 0.1) is 16.0 Å². The highest BCUT2D eigenvalue weighted by Crippen LogP contribution is 2.45. The minimum atomic E-state index is -5.02. The summed E-state index contributed by atoms with van der Waals surface area (Å²) in [6, 6.07) is 6.71. The van der Waals surface area contributed by atoms with Crippen LogP contribution in [0.5, 0.6) is 0 Å². The first-order valence-electron chi connectivity index (χ1n) is 10.9. The van der Waals surface area contributed by atoms with Crippen LogP contribution in [0.4, 0.5) is 36.8 Å². The average Bonchev–Trinajstić information content (AvgIpc) is 3.20. The van der Waals surface area contributed by atoms with Gasteiger partial charge in [-0.25, -0.2) is 4.79 Å². The first-order chi connectivity index (χ1) is 16.8. The second kappa shape index (κ2) is 9.70. The largest absolute Gasteiger partial charge is 0.416 e. The van der Waals surface area contributed by atoms with Crippen molar-refractivity contribution >= 4 is 41.0 Å². The van der Waals surface area contributed by atoms with Crippen LogP contribution in [0.25, 0.3) is 0 Å². The van der Waals surface area contributed by atoms with Crippen molar-refractivity contribution in [3.63, 3.8) is 0 Å². The van der Waals surface area contributed by atoms with Crippen LogP contribution in [0.15, 0.2) is 42.5 Å². The van der Waals surface area contributed by atoms with Crippen LogP contribution in [-0.2, 0) is 12.4 Å². The second-order valence-corrected chi connectivity index (χ2v) is 10.4. The van der Waals surface area contributed by atoms with Gasteiger partial charge < -0.3 is 15.1 Å². The normalized spacial score (nSPS) is 18.0. The number of carbonyl (C=O) groups excluding carboxylic acids is 2. The number of hydrogen-bond donors (Lipinski definition) is 1. The van der Waals surface area contributed by atoms with E-state index in [9.17, 15) is 35.9 Å². The van der Waals surface area contributed by atoms with Crippen molar-refractivity contribution in [1.82, 2.24) is 9.80 Å².